The molecule has 0 aliphatic carbocycles. The second kappa shape index (κ2) is 11.5. The molecule has 10 rings (SSSR count). The molecule has 0 saturated heterocycles. The molecule has 0 unspecified atom stereocenters. The molecule has 0 atom stereocenters. The highest BCUT2D eigenvalue weighted by molar-refractivity contribution is 6.13. The normalized spacial score (nSPS) is 12.4. The minimum Gasteiger partial charge on any atom is -0.309 e. The van der Waals surface area contributed by atoms with E-state index in [1.807, 2.05) is 72.8 Å². The topological polar surface area (TPSA) is 9.86 Å². The Morgan fingerprint density at radius 1 is 0.340 bits per heavy atom. The van der Waals surface area contributed by atoms with Crippen molar-refractivity contribution in [2.24, 2.45) is 0 Å². The summed E-state index contributed by atoms with van der Waals surface area (Å²) in [6, 6.07) is 60.5. The SMILES string of the molecule is [2H]c1c(-c2ccc3c(c2)c2cc(-c4ccccc4)ccc2n3-c2ccccc2)c([2H])c2c3ccccc3n(-c3ccccc3-c3ccccc3)c2c1[2H]. The van der Waals surface area contributed by atoms with Gasteiger partial charge in [0.2, 0.25) is 0 Å². The van der Waals surface area contributed by atoms with Gasteiger partial charge in [0.25, 0.3) is 0 Å². The quantitative estimate of drug-likeness (QED) is 0.177. The van der Waals surface area contributed by atoms with Crippen LogP contribution in [0, 0.1) is 0 Å². The van der Waals surface area contributed by atoms with Crippen LogP contribution in [0.1, 0.15) is 4.11 Å². The summed E-state index contributed by atoms with van der Waals surface area (Å²) >= 11 is 0. The van der Waals surface area contributed by atoms with Crippen LogP contribution in [0.5, 0.6) is 0 Å². The van der Waals surface area contributed by atoms with Crippen molar-refractivity contribution < 1.29 is 4.11 Å². The molecule has 0 saturated carbocycles. The summed E-state index contributed by atoms with van der Waals surface area (Å²) in [5.74, 6) is 0. The fourth-order valence-electron chi connectivity index (χ4n) is 7.53. The van der Waals surface area contributed by atoms with Gasteiger partial charge in [-0.3, -0.25) is 0 Å². The number of rotatable bonds is 5. The van der Waals surface area contributed by atoms with Gasteiger partial charge in [0.15, 0.2) is 0 Å². The van der Waals surface area contributed by atoms with Crippen LogP contribution < -0.4 is 0 Å². The van der Waals surface area contributed by atoms with Crippen LogP contribution >= 0.6 is 0 Å². The number of benzene rings is 8. The van der Waals surface area contributed by atoms with Gasteiger partial charge in [-0.25, -0.2) is 0 Å². The summed E-state index contributed by atoms with van der Waals surface area (Å²) in [5, 5.41) is 3.69. The average Bonchev–Trinajstić information content (AvgIpc) is 3.74. The van der Waals surface area contributed by atoms with Gasteiger partial charge < -0.3 is 9.13 Å². The molecule has 0 bridgehead atoms. The van der Waals surface area contributed by atoms with Crippen molar-refractivity contribution in [3.63, 3.8) is 0 Å². The lowest BCUT2D eigenvalue weighted by molar-refractivity contribution is 1.18. The van der Waals surface area contributed by atoms with Crippen molar-refractivity contribution in [2.75, 3.05) is 0 Å². The van der Waals surface area contributed by atoms with Crippen molar-refractivity contribution in [3.05, 3.63) is 194 Å². The third kappa shape index (κ3) is 4.50. The summed E-state index contributed by atoms with van der Waals surface area (Å²) in [6.45, 7) is 0. The van der Waals surface area contributed by atoms with E-state index in [-0.39, 0.29) is 18.1 Å². The smallest absolute Gasteiger partial charge is 0.0645 e. The predicted molar refractivity (Wildman–Crippen MR) is 211 cm³/mol. The van der Waals surface area contributed by atoms with Crippen LogP contribution in [-0.2, 0) is 0 Å². The minimum atomic E-state index is 0.0415. The molecule has 50 heavy (non-hydrogen) atoms. The van der Waals surface area contributed by atoms with E-state index in [0.29, 0.717) is 16.5 Å². The molecule has 234 valence electrons. The number of hydrogen-bond acceptors (Lipinski definition) is 0. The second-order valence-electron chi connectivity index (χ2n) is 12.7. The van der Waals surface area contributed by atoms with Crippen LogP contribution in [0.25, 0.3) is 88.4 Å². The number of nitrogens with zero attached hydrogens (tertiary/aromatic N) is 2. The van der Waals surface area contributed by atoms with Crippen LogP contribution in [0.2, 0.25) is 0 Å². The fourth-order valence-corrected chi connectivity index (χ4v) is 7.53. The summed E-state index contributed by atoms with van der Waals surface area (Å²) in [5.41, 5.74) is 11.1. The number of aromatic nitrogens is 2. The van der Waals surface area contributed by atoms with Gasteiger partial charge in [-0.1, -0.05) is 133 Å². The van der Waals surface area contributed by atoms with E-state index in [1.54, 1.807) is 0 Å². The Hall–Kier alpha value is -6.64. The Labute approximate surface area is 294 Å². The van der Waals surface area contributed by atoms with Gasteiger partial charge in [-0.2, -0.15) is 0 Å². The first-order chi connectivity index (χ1) is 26.1. The number of fused-ring (bicyclic) bond motifs is 6. The average molecular weight is 640 g/mol. The Bertz CT molecular complexity index is 3020. The predicted octanol–water partition coefficient (Wildman–Crippen LogP) is 12.9. The van der Waals surface area contributed by atoms with Crippen LogP contribution in [0.4, 0.5) is 0 Å². The molecule has 0 amide bonds. The maximum Gasteiger partial charge on any atom is 0.0645 e. The molecule has 2 aromatic heterocycles. The molecule has 10 aromatic rings. The lowest BCUT2D eigenvalue weighted by Crippen LogP contribution is -1.97. The van der Waals surface area contributed by atoms with E-state index in [9.17, 15) is 4.11 Å². The minimum absolute atomic E-state index is 0.0415. The third-order valence-corrected chi connectivity index (χ3v) is 9.84. The summed E-state index contributed by atoms with van der Waals surface area (Å²) in [7, 11) is 0. The van der Waals surface area contributed by atoms with Gasteiger partial charge in [-0.05, 0) is 88.4 Å². The first-order valence-electron chi connectivity index (χ1n) is 18.5. The largest absolute Gasteiger partial charge is 0.309 e. The summed E-state index contributed by atoms with van der Waals surface area (Å²) in [4.78, 5) is 0. The van der Waals surface area contributed by atoms with Crippen LogP contribution in [-0.4, -0.2) is 9.13 Å². The molecule has 0 spiro atoms. The molecule has 8 aromatic carbocycles. The fraction of sp³-hybridized carbons (Fsp3) is 0. The first-order valence-corrected chi connectivity index (χ1v) is 17.0. The highest BCUT2D eigenvalue weighted by Crippen LogP contribution is 2.40. The third-order valence-electron chi connectivity index (χ3n) is 9.84. The monoisotopic (exact) mass is 639 g/mol. The zero-order valence-corrected chi connectivity index (χ0v) is 27.1. The summed E-state index contributed by atoms with van der Waals surface area (Å²) in [6.07, 6.45) is 0. The van der Waals surface area contributed by atoms with E-state index < -0.39 is 0 Å². The van der Waals surface area contributed by atoms with Gasteiger partial charge in [0.05, 0.1) is 31.9 Å². The van der Waals surface area contributed by atoms with Crippen molar-refractivity contribution >= 4 is 43.6 Å². The molecule has 0 fully saturated rings. The zero-order valence-electron chi connectivity index (χ0n) is 30.1. The molecule has 0 aliphatic heterocycles. The molecule has 0 N–H and O–H groups in total. The molecule has 2 heteroatoms. The van der Waals surface area contributed by atoms with E-state index in [0.717, 1.165) is 71.9 Å². The maximum absolute atomic E-state index is 9.83. The molecule has 2 heterocycles. The maximum atomic E-state index is 9.83. The Morgan fingerprint density at radius 3 is 1.62 bits per heavy atom. The molecular weight excluding hydrogens is 605 g/mol. The van der Waals surface area contributed by atoms with E-state index >= 15 is 0 Å². The van der Waals surface area contributed by atoms with Gasteiger partial charge in [-0.15, -0.1) is 0 Å². The Morgan fingerprint density at radius 2 is 0.900 bits per heavy atom. The molecular formula is C48H32N2. The van der Waals surface area contributed by atoms with Crippen molar-refractivity contribution in [2.45, 2.75) is 0 Å². The van der Waals surface area contributed by atoms with E-state index in [2.05, 4.69) is 112 Å². The highest BCUT2D eigenvalue weighted by atomic mass is 15.0. The molecule has 0 aliphatic rings. The van der Waals surface area contributed by atoms with Crippen molar-refractivity contribution in [1.82, 2.24) is 9.13 Å². The Kier molecular flexibility index (Phi) is 5.84. The lowest BCUT2D eigenvalue weighted by Gasteiger charge is -2.14. The molecule has 2 nitrogen and oxygen atoms in total. The van der Waals surface area contributed by atoms with Gasteiger partial charge in [0.1, 0.15) is 0 Å². The second-order valence-corrected chi connectivity index (χ2v) is 12.7. The zero-order chi connectivity index (χ0) is 35.6. The summed E-state index contributed by atoms with van der Waals surface area (Å²) < 4.78 is 33.3. The Balaban J connectivity index is 1.25. The van der Waals surface area contributed by atoms with E-state index in [4.69, 9.17) is 0 Å². The standard InChI is InChI=1S/C48H32N2/c1-4-14-33(15-5-1)35-24-27-46-42(30-35)43-32-37(25-28-47(43)49(46)38-18-8-3-9-19-38)36-26-29-48-41(31-36)40-21-11-13-23-45(40)50(48)44-22-12-10-20-39(44)34-16-6-2-7-17-34/h1-32H/i26D,29D,31D. The van der Waals surface area contributed by atoms with Crippen molar-refractivity contribution in [1.29, 1.82) is 0 Å². The highest BCUT2D eigenvalue weighted by Gasteiger charge is 2.18. The van der Waals surface area contributed by atoms with Gasteiger partial charge >= 0.3 is 0 Å². The number of hydrogen-bond donors (Lipinski definition) is 0. The molecule has 0 radical (unpaired) electrons. The number of para-hydroxylation sites is 3. The van der Waals surface area contributed by atoms with Gasteiger partial charge in [0, 0.05) is 32.8 Å². The van der Waals surface area contributed by atoms with Crippen LogP contribution in [0.3, 0.4) is 0 Å². The lowest BCUT2D eigenvalue weighted by atomic mass is 9.99. The van der Waals surface area contributed by atoms with E-state index in [1.165, 1.54) is 0 Å². The van der Waals surface area contributed by atoms with Crippen LogP contribution in [0.15, 0.2) is 194 Å². The van der Waals surface area contributed by atoms with Crippen molar-refractivity contribution in [3.8, 4) is 44.8 Å². The first kappa shape index (κ1) is 25.4.